The van der Waals surface area contributed by atoms with Crippen molar-refractivity contribution >= 4 is 23.2 Å². The van der Waals surface area contributed by atoms with Crippen LogP contribution in [0.2, 0.25) is 0 Å². The van der Waals surface area contributed by atoms with Crippen molar-refractivity contribution in [1.82, 2.24) is 10.6 Å². The predicted molar refractivity (Wildman–Crippen MR) is 111 cm³/mol. The number of amides is 1. The number of ether oxygens (including phenoxy) is 1. The van der Waals surface area contributed by atoms with Crippen LogP contribution in [0.1, 0.15) is 21.5 Å². The van der Waals surface area contributed by atoms with Crippen LogP contribution in [0.4, 0.5) is 0 Å². The van der Waals surface area contributed by atoms with E-state index in [0.29, 0.717) is 29.6 Å². The lowest BCUT2D eigenvalue weighted by molar-refractivity contribution is 0.0976. The molecule has 0 spiro atoms. The summed E-state index contributed by atoms with van der Waals surface area (Å²) >= 11 is 5.20. The molecule has 0 heterocycles. The van der Waals surface area contributed by atoms with Gasteiger partial charge in [0.25, 0.3) is 5.91 Å². The molecule has 0 saturated heterocycles. The fraction of sp³-hybridized carbons (Fsp3) is 0.0909. The first-order chi connectivity index (χ1) is 13.2. The van der Waals surface area contributed by atoms with Gasteiger partial charge in [-0.3, -0.25) is 10.1 Å². The van der Waals surface area contributed by atoms with Crippen LogP contribution in [-0.2, 0) is 13.2 Å². The Morgan fingerprint density at radius 3 is 2.22 bits per heavy atom. The summed E-state index contributed by atoms with van der Waals surface area (Å²) in [7, 11) is 0. The van der Waals surface area contributed by atoms with Gasteiger partial charge in [-0.25, -0.2) is 0 Å². The fourth-order valence-electron chi connectivity index (χ4n) is 2.47. The molecule has 0 aliphatic rings. The fourth-order valence-corrected chi connectivity index (χ4v) is 2.63. The highest BCUT2D eigenvalue weighted by molar-refractivity contribution is 7.80. The number of carbonyl (C=O) groups is 1. The second-order valence-electron chi connectivity index (χ2n) is 5.92. The molecule has 0 bridgehead atoms. The molecule has 0 atom stereocenters. The van der Waals surface area contributed by atoms with E-state index in [9.17, 15) is 4.79 Å². The number of benzene rings is 3. The molecule has 3 aromatic carbocycles. The summed E-state index contributed by atoms with van der Waals surface area (Å²) in [5.41, 5.74) is 2.65. The van der Waals surface area contributed by atoms with Crippen LogP contribution in [0.3, 0.4) is 0 Å². The maximum atomic E-state index is 12.4. The predicted octanol–water partition coefficient (Wildman–Crippen LogP) is 4.07. The molecule has 3 rings (SSSR count). The van der Waals surface area contributed by atoms with Crippen molar-refractivity contribution in [1.29, 1.82) is 0 Å². The third-order valence-electron chi connectivity index (χ3n) is 3.87. The Bertz CT molecular complexity index is 898. The lowest BCUT2D eigenvalue weighted by Crippen LogP contribution is -2.38. The number of carbonyl (C=O) groups excluding carboxylic acids is 1. The quantitative estimate of drug-likeness (QED) is 0.637. The van der Waals surface area contributed by atoms with Gasteiger partial charge in [0.2, 0.25) is 0 Å². The molecule has 2 N–H and O–H groups in total. The Kier molecular flexibility index (Phi) is 6.55. The van der Waals surface area contributed by atoms with Gasteiger partial charge in [-0.15, -0.1) is 0 Å². The Hall–Kier alpha value is -3.18. The molecule has 27 heavy (non-hydrogen) atoms. The zero-order valence-electron chi connectivity index (χ0n) is 14.7. The topological polar surface area (TPSA) is 50.4 Å². The van der Waals surface area contributed by atoms with Crippen molar-refractivity contribution in [3.8, 4) is 5.75 Å². The van der Waals surface area contributed by atoms with Gasteiger partial charge in [-0.2, -0.15) is 0 Å². The van der Waals surface area contributed by atoms with Crippen molar-refractivity contribution in [2.45, 2.75) is 13.2 Å². The van der Waals surface area contributed by atoms with Gasteiger partial charge in [0, 0.05) is 12.1 Å². The molecular formula is C22H20N2O2S. The summed E-state index contributed by atoms with van der Waals surface area (Å²) in [4.78, 5) is 12.4. The van der Waals surface area contributed by atoms with Crippen LogP contribution >= 0.6 is 12.2 Å². The van der Waals surface area contributed by atoms with Gasteiger partial charge in [-0.1, -0.05) is 66.7 Å². The highest BCUT2D eigenvalue weighted by atomic mass is 32.1. The zero-order chi connectivity index (χ0) is 18.9. The first-order valence-corrected chi connectivity index (χ1v) is 9.01. The standard InChI is InChI=1S/C22H20N2O2S/c25-21(24-22(27)23-15-17-8-3-1-4-9-17)19-12-7-13-20(14-19)26-16-18-10-5-2-6-11-18/h1-14H,15-16H2,(H2,23,24,25,27). The van der Waals surface area contributed by atoms with Crippen LogP contribution in [0.5, 0.6) is 5.75 Å². The average Bonchev–Trinajstić information content (AvgIpc) is 2.72. The monoisotopic (exact) mass is 376 g/mol. The van der Waals surface area contributed by atoms with E-state index in [1.165, 1.54) is 0 Å². The van der Waals surface area contributed by atoms with Gasteiger partial charge < -0.3 is 10.1 Å². The number of hydrogen-bond acceptors (Lipinski definition) is 3. The molecule has 0 saturated carbocycles. The van der Waals surface area contributed by atoms with Gasteiger partial charge >= 0.3 is 0 Å². The van der Waals surface area contributed by atoms with Gasteiger partial charge in [-0.05, 0) is 41.5 Å². The van der Waals surface area contributed by atoms with E-state index in [0.717, 1.165) is 11.1 Å². The van der Waals surface area contributed by atoms with E-state index in [1.807, 2.05) is 66.7 Å². The normalized spacial score (nSPS) is 10.1. The van der Waals surface area contributed by atoms with E-state index >= 15 is 0 Å². The molecular weight excluding hydrogens is 356 g/mol. The summed E-state index contributed by atoms with van der Waals surface area (Å²) in [5, 5.41) is 6.01. The molecule has 0 aliphatic carbocycles. The number of hydrogen-bond donors (Lipinski definition) is 2. The number of rotatable bonds is 6. The molecule has 0 unspecified atom stereocenters. The summed E-state index contributed by atoms with van der Waals surface area (Å²) in [5.74, 6) is 0.361. The zero-order valence-corrected chi connectivity index (χ0v) is 15.5. The van der Waals surface area contributed by atoms with Crippen molar-refractivity contribution in [2.75, 3.05) is 0 Å². The first kappa shape index (κ1) is 18.6. The minimum atomic E-state index is -0.272. The molecule has 3 aromatic rings. The maximum Gasteiger partial charge on any atom is 0.257 e. The minimum Gasteiger partial charge on any atom is -0.489 e. The van der Waals surface area contributed by atoms with E-state index < -0.39 is 0 Å². The number of thiocarbonyl (C=S) groups is 1. The molecule has 4 nitrogen and oxygen atoms in total. The minimum absolute atomic E-state index is 0.272. The lowest BCUT2D eigenvalue weighted by atomic mass is 10.2. The summed E-state index contributed by atoms with van der Waals surface area (Å²) in [6.07, 6.45) is 0. The Morgan fingerprint density at radius 2 is 1.52 bits per heavy atom. The Balaban J connectivity index is 1.52. The lowest BCUT2D eigenvalue weighted by Gasteiger charge is -2.11. The van der Waals surface area contributed by atoms with Crippen LogP contribution < -0.4 is 15.4 Å². The van der Waals surface area contributed by atoms with Crippen LogP contribution in [-0.4, -0.2) is 11.0 Å². The molecule has 5 heteroatoms. The van der Waals surface area contributed by atoms with Gasteiger partial charge in [0.1, 0.15) is 12.4 Å². The average molecular weight is 376 g/mol. The molecule has 0 radical (unpaired) electrons. The van der Waals surface area contributed by atoms with E-state index in [1.54, 1.807) is 18.2 Å². The van der Waals surface area contributed by atoms with E-state index in [-0.39, 0.29) is 5.91 Å². The molecule has 0 fully saturated rings. The maximum absolute atomic E-state index is 12.4. The van der Waals surface area contributed by atoms with E-state index in [2.05, 4.69) is 10.6 Å². The molecule has 136 valence electrons. The van der Waals surface area contributed by atoms with Crippen molar-refractivity contribution in [2.24, 2.45) is 0 Å². The second-order valence-corrected chi connectivity index (χ2v) is 6.33. The molecule has 0 aliphatic heterocycles. The Morgan fingerprint density at radius 1 is 0.852 bits per heavy atom. The Labute approximate surface area is 164 Å². The summed E-state index contributed by atoms with van der Waals surface area (Å²) in [6, 6.07) is 26.8. The van der Waals surface area contributed by atoms with Crippen molar-refractivity contribution in [3.63, 3.8) is 0 Å². The molecule has 1 amide bonds. The van der Waals surface area contributed by atoms with Crippen LogP contribution in [0, 0.1) is 0 Å². The smallest absolute Gasteiger partial charge is 0.257 e. The highest BCUT2D eigenvalue weighted by Gasteiger charge is 2.09. The third kappa shape index (κ3) is 5.94. The van der Waals surface area contributed by atoms with E-state index in [4.69, 9.17) is 17.0 Å². The van der Waals surface area contributed by atoms with Gasteiger partial charge in [0.05, 0.1) is 0 Å². The second kappa shape index (κ2) is 9.50. The van der Waals surface area contributed by atoms with Gasteiger partial charge in [0.15, 0.2) is 5.11 Å². The van der Waals surface area contributed by atoms with Crippen molar-refractivity contribution < 1.29 is 9.53 Å². The highest BCUT2D eigenvalue weighted by Crippen LogP contribution is 2.15. The number of nitrogens with one attached hydrogen (secondary N) is 2. The summed E-state index contributed by atoms with van der Waals surface area (Å²) < 4.78 is 5.76. The molecule has 0 aromatic heterocycles. The third-order valence-corrected chi connectivity index (χ3v) is 4.11. The first-order valence-electron chi connectivity index (χ1n) is 8.60. The van der Waals surface area contributed by atoms with Crippen LogP contribution in [0.25, 0.3) is 0 Å². The summed E-state index contributed by atoms with van der Waals surface area (Å²) in [6.45, 7) is 1.00. The SMILES string of the molecule is O=C(NC(=S)NCc1ccccc1)c1cccc(OCc2ccccc2)c1. The van der Waals surface area contributed by atoms with Crippen molar-refractivity contribution in [3.05, 3.63) is 102 Å². The largest absolute Gasteiger partial charge is 0.489 e. The van der Waals surface area contributed by atoms with Crippen LogP contribution in [0.15, 0.2) is 84.9 Å².